The lowest BCUT2D eigenvalue weighted by molar-refractivity contribution is -0.186. The van der Waals surface area contributed by atoms with Crippen molar-refractivity contribution in [2.75, 3.05) is 0 Å². The van der Waals surface area contributed by atoms with E-state index in [1.54, 1.807) is 24.3 Å². The lowest BCUT2D eigenvalue weighted by Gasteiger charge is -2.38. The van der Waals surface area contributed by atoms with E-state index in [1.807, 2.05) is 20.8 Å². The number of amides is 2. The largest absolute Gasteiger partial charge is 0.339 e. The molecule has 23 heavy (non-hydrogen) atoms. The van der Waals surface area contributed by atoms with E-state index in [4.69, 9.17) is 4.84 Å². The second kappa shape index (κ2) is 4.91. The van der Waals surface area contributed by atoms with E-state index >= 15 is 0 Å². The quantitative estimate of drug-likeness (QED) is 0.786. The van der Waals surface area contributed by atoms with Gasteiger partial charge in [-0.05, 0) is 43.2 Å². The number of fused-ring (bicyclic) bond motifs is 1. The molecule has 2 atom stereocenters. The van der Waals surface area contributed by atoms with E-state index in [1.165, 1.54) is 0 Å². The van der Waals surface area contributed by atoms with Gasteiger partial charge in [-0.1, -0.05) is 38.0 Å². The molecule has 0 aromatic heterocycles. The molecule has 0 N–H and O–H groups in total. The second-order valence-corrected chi connectivity index (χ2v) is 7.32. The molecule has 1 aromatic carbocycles. The molecule has 0 saturated heterocycles. The third-order valence-corrected chi connectivity index (χ3v) is 6.11. The zero-order chi connectivity index (χ0) is 17.0. The summed E-state index contributed by atoms with van der Waals surface area (Å²) in [6.07, 6.45) is 1.60. The zero-order valence-corrected chi connectivity index (χ0v) is 13.9. The minimum atomic E-state index is -0.720. The highest BCUT2D eigenvalue weighted by atomic mass is 16.7. The van der Waals surface area contributed by atoms with Crippen LogP contribution >= 0.6 is 0 Å². The van der Waals surface area contributed by atoms with Gasteiger partial charge in [0.2, 0.25) is 0 Å². The molecule has 1 aromatic rings. The highest BCUT2D eigenvalue weighted by molar-refractivity contribution is 6.20. The number of hydroxylamine groups is 2. The van der Waals surface area contributed by atoms with Crippen molar-refractivity contribution in [2.45, 2.75) is 40.5 Å². The van der Waals surface area contributed by atoms with Gasteiger partial charge in [0.25, 0.3) is 11.8 Å². The normalized spacial score (nSPS) is 28.9. The highest BCUT2D eigenvalue weighted by Gasteiger charge is 2.56. The Balaban J connectivity index is 1.85. The zero-order valence-electron chi connectivity index (χ0n) is 13.9. The van der Waals surface area contributed by atoms with E-state index in [9.17, 15) is 14.4 Å². The lowest BCUT2D eigenvalue weighted by atomic mass is 9.66. The molecule has 0 radical (unpaired) electrons. The van der Waals surface area contributed by atoms with Crippen molar-refractivity contribution in [3.63, 3.8) is 0 Å². The van der Waals surface area contributed by atoms with Crippen LogP contribution in [-0.2, 0) is 9.63 Å². The number of imide groups is 1. The molecule has 1 aliphatic carbocycles. The molecule has 5 nitrogen and oxygen atoms in total. The molecule has 1 fully saturated rings. The van der Waals surface area contributed by atoms with Crippen LogP contribution in [0.4, 0.5) is 0 Å². The molecule has 1 saturated carbocycles. The van der Waals surface area contributed by atoms with Crippen molar-refractivity contribution < 1.29 is 19.2 Å². The predicted molar refractivity (Wildman–Crippen MR) is 83.3 cm³/mol. The summed E-state index contributed by atoms with van der Waals surface area (Å²) in [6, 6.07) is 6.48. The molecule has 0 unspecified atom stereocenters. The number of carbonyl (C=O) groups excluding carboxylic acids is 3. The lowest BCUT2D eigenvalue weighted by Crippen LogP contribution is -2.45. The number of carbonyl (C=O) groups is 3. The van der Waals surface area contributed by atoms with Gasteiger partial charge in [0.05, 0.1) is 16.5 Å². The van der Waals surface area contributed by atoms with E-state index in [0.717, 1.165) is 6.42 Å². The van der Waals surface area contributed by atoms with Crippen LogP contribution in [0.5, 0.6) is 0 Å². The first-order valence-electron chi connectivity index (χ1n) is 7.90. The summed E-state index contributed by atoms with van der Waals surface area (Å²) in [5, 5.41) is 0.608. The number of rotatable bonds is 2. The minimum absolute atomic E-state index is 0.261. The van der Waals surface area contributed by atoms with Crippen molar-refractivity contribution in [1.82, 2.24) is 5.06 Å². The summed E-state index contributed by atoms with van der Waals surface area (Å²) in [4.78, 5) is 42.7. The fourth-order valence-corrected chi connectivity index (χ4v) is 3.53. The third kappa shape index (κ3) is 2.02. The van der Waals surface area contributed by atoms with Gasteiger partial charge < -0.3 is 4.84 Å². The SMILES string of the molecule is C[C@H]1CC[C@@](C)(C(=O)ON2C(=O)c3ccccc3C2=O)C1(C)C. The molecular formula is C18H21NO4. The monoisotopic (exact) mass is 315 g/mol. The Bertz CT molecular complexity index is 674. The van der Waals surface area contributed by atoms with Gasteiger partial charge in [0.1, 0.15) is 0 Å². The summed E-state index contributed by atoms with van der Waals surface area (Å²) in [6.45, 7) is 8.04. The number of benzene rings is 1. The number of hydrogen-bond acceptors (Lipinski definition) is 4. The smallest absolute Gasteiger partial charge is 0.329 e. The Labute approximate surface area is 135 Å². The van der Waals surface area contributed by atoms with Crippen molar-refractivity contribution in [3.8, 4) is 0 Å². The van der Waals surface area contributed by atoms with Crippen LogP contribution in [0.3, 0.4) is 0 Å². The molecule has 1 heterocycles. The average Bonchev–Trinajstić information content (AvgIpc) is 2.89. The van der Waals surface area contributed by atoms with Gasteiger partial charge in [-0.25, -0.2) is 4.79 Å². The topological polar surface area (TPSA) is 63.7 Å². The van der Waals surface area contributed by atoms with Crippen molar-refractivity contribution in [2.24, 2.45) is 16.7 Å². The van der Waals surface area contributed by atoms with Crippen LogP contribution in [-0.4, -0.2) is 22.8 Å². The van der Waals surface area contributed by atoms with Crippen LogP contribution < -0.4 is 0 Å². The fraction of sp³-hybridized carbons (Fsp3) is 0.500. The van der Waals surface area contributed by atoms with Crippen LogP contribution in [0.2, 0.25) is 0 Å². The van der Waals surface area contributed by atoms with Gasteiger partial charge in [-0.2, -0.15) is 0 Å². The molecule has 3 rings (SSSR count). The third-order valence-electron chi connectivity index (χ3n) is 6.11. The van der Waals surface area contributed by atoms with E-state index in [0.29, 0.717) is 17.4 Å². The van der Waals surface area contributed by atoms with Crippen molar-refractivity contribution in [1.29, 1.82) is 0 Å². The van der Waals surface area contributed by atoms with Crippen molar-refractivity contribution in [3.05, 3.63) is 35.4 Å². The molecular weight excluding hydrogens is 294 g/mol. The standard InChI is InChI=1S/C18H21NO4/c1-11-9-10-18(4,17(11,2)3)16(22)23-19-14(20)12-7-5-6-8-13(12)15(19)21/h5-8,11H,9-10H2,1-4H3/t11-,18-/m0/s1. The second-order valence-electron chi connectivity index (χ2n) is 7.32. The Hall–Kier alpha value is -2.17. The van der Waals surface area contributed by atoms with E-state index in [-0.39, 0.29) is 16.5 Å². The summed E-state index contributed by atoms with van der Waals surface area (Å²) < 4.78 is 0. The van der Waals surface area contributed by atoms with Crippen LogP contribution in [0.1, 0.15) is 61.3 Å². The first-order chi connectivity index (χ1) is 10.7. The van der Waals surface area contributed by atoms with Gasteiger partial charge in [0.15, 0.2) is 0 Å². The maximum Gasteiger partial charge on any atom is 0.339 e. The predicted octanol–water partition coefficient (Wildman–Crippen LogP) is 3.20. The average molecular weight is 315 g/mol. The summed E-state index contributed by atoms with van der Waals surface area (Å²) in [5.41, 5.74) is -0.436. The highest BCUT2D eigenvalue weighted by Crippen LogP contribution is 2.56. The van der Waals surface area contributed by atoms with E-state index < -0.39 is 23.2 Å². The van der Waals surface area contributed by atoms with Crippen LogP contribution in [0.15, 0.2) is 24.3 Å². The molecule has 0 bridgehead atoms. The first kappa shape index (κ1) is 15.7. The first-order valence-corrected chi connectivity index (χ1v) is 7.90. The molecule has 2 aliphatic rings. The van der Waals surface area contributed by atoms with Crippen molar-refractivity contribution >= 4 is 17.8 Å². The number of nitrogens with zero attached hydrogens (tertiary/aromatic N) is 1. The molecule has 122 valence electrons. The van der Waals surface area contributed by atoms with Crippen LogP contribution in [0, 0.1) is 16.7 Å². The molecule has 1 aliphatic heterocycles. The Morgan fingerprint density at radius 3 is 2.09 bits per heavy atom. The van der Waals surface area contributed by atoms with Gasteiger partial charge in [0, 0.05) is 0 Å². The van der Waals surface area contributed by atoms with Gasteiger partial charge >= 0.3 is 5.97 Å². The Morgan fingerprint density at radius 2 is 1.65 bits per heavy atom. The summed E-state index contributed by atoms with van der Waals surface area (Å²) in [7, 11) is 0. The molecule has 2 amide bonds. The molecule has 5 heteroatoms. The fourth-order valence-electron chi connectivity index (χ4n) is 3.53. The maximum atomic E-state index is 12.8. The Kier molecular flexibility index (Phi) is 3.36. The molecule has 0 spiro atoms. The summed E-state index contributed by atoms with van der Waals surface area (Å²) >= 11 is 0. The van der Waals surface area contributed by atoms with Gasteiger partial charge in [-0.3, -0.25) is 9.59 Å². The number of hydrogen-bond donors (Lipinski definition) is 0. The summed E-state index contributed by atoms with van der Waals surface area (Å²) in [5.74, 6) is -1.30. The Morgan fingerprint density at radius 1 is 1.13 bits per heavy atom. The van der Waals surface area contributed by atoms with Gasteiger partial charge in [-0.15, -0.1) is 0 Å². The minimum Gasteiger partial charge on any atom is -0.329 e. The maximum absolute atomic E-state index is 12.8. The van der Waals surface area contributed by atoms with Crippen LogP contribution in [0.25, 0.3) is 0 Å². The van der Waals surface area contributed by atoms with E-state index in [2.05, 4.69) is 6.92 Å².